The minimum Gasteiger partial charge on any atom is -0.337 e. The fourth-order valence-corrected chi connectivity index (χ4v) is 4.19. The van der Waals surface area contributed by atoms with Crippen LogP contribution in [0.3, 0.4) is 0 Å². The molecule has 0 radical (unpaired) electrons. The number of rotatable bonds is 4. The fraction of sp³-hybridized carbons (Fsp3) is 0.542. The molecule has 0 N–H and O–H groups in total. The van der Waals surface area contributed by atoms with E-state index < -0.39 is 0 Å². The Morgan fingerprint density at radius 1 is 1.16 bits per heavy atom. The van der Waals surface area contributed by atoms with E-state index in [0.717, 1.165) is 30.9 Å². The van der Waals surface area contributed by atoms with Crippen molar-refractivity contribution in [1.82, 2.24) is 19.4 Å². The molecular weight excluding hydrogens is 409 g/mol. The molecule has 2 aromatic rings. The predicted octanol–water partition coefficient (Wildman–Crippen LogP) is 3.22. The third-order valence-corrected chi connectivity index (χ3v) is 6.14. The molecule has 8 heteroatoms. The Balaban J connectivity index is 1.89. The summed E-state index contributed by atoms with van der Waals surface area (Å²) in [7, 11) is 0. The number of hydrogen-bond donors (Lipinski definition) is 0. The van der Waals surface area contributed by atoms with Gasteiger partial charge >= 0.3 is 0 Å². The number of anilines is 1. The van der Waals surface area contributed by atoms with Gasteiger partial charge in [-0.2, -0.15) is 0 Å². The van der Waals surface area contributed by atoms with Gasteiger partial charge in [0, 0.05) is 71.0 Å². The molecule has 0 bridgehead atoms. The van der Waals surface area contributed by atoms with E-state index in [1.54, 1.807) is 17.2 Å². The van der Waals surface area contributed by atoms with Gasteiger partial charge in [0.25, 0.3) is 0 Å². The molecule has 0 fully saturated rings. The van der Waals surface area contributed by atoms with Crippen LogP contribution in [0.1, 0.15) is 45.0 Å². The summed E-state index contributed by atoms with van der Waals surface area (Å²) < 4.78 is 16.1. The second kappa shape index (κ2) is 10.7. The van der Waals surface area contributed by atoms with Crippen molar-refractivity contribution < 1.29 is 14.0 Å². The highest BCUT2D eigenvalue weighted by molar-refractivity contribution is 5.92. The van der Waals surface area contributed by atoms with Gasteiger partial charge in [0.1, 0.15) is 11.6 Å². The second-order valence-electron chi connectivity index (χ2n) is 8.66. The summed E-state index contributed by atoms with van der Waals surface area (Å²) in [5.74, 6) is 0.396. The third kappa shape index (κ3) is 5.94. The van der Waals surface area contributed by atoms with Crippen molar-refractivity contribution in [2.45, 2.75) is 59.7 Å². The van der Waals surface area contributed by atoms with E-state index in [9.17, 15) is 14.0 Å². The first kappa shape index (κ1) is 23.9. The number of amides is 2. The number of halogens is 1. The molecule has 2 amide bonds. The maximum absolute atomic E-state index is 14.1. The van der Waals surface area contributed by atoms with Gasteiger partial charge in [0.2, 0.25) is 11.8 Å². The molecule has 1 aromatic carbocycles. The number of hydrogen-bond acceptors (Lipinski definition) is 4. The van der Waals surface area contributed by atoms with Crippen LogP contribution in [0.5, 0.6) is 0 Å². The first-order valence-electron chi connectivity index (χ1n) is 11.3. The molecule has 174 valence electrons. The molecule has 0 saturated heterocycles. The highest BCUT2D eigenvalue weighted by atomic mass is 19.1. The van der Waals surface area contributed by atoms with E-state index in [1.807, 2.05) is 22.6 Å². The van der Waals surface area contributed by atoms with Gasteiger partial charge in [-0.05, 0) is 44.9 Å². The lowest BCUT2D eigenvalue weighted by molar-refractivity contribution is -0.132. The quantitative estimate of drug-likeness (QED) is 0.728. The number of benzene rings is 1. The lowest BCUT2D eigenvalue weighted by Gasteiger charge is -2.30. The lowest BCUT2D eigenvalue weighted by Crippen LogP contribution is -2.41. The highest BCUT2D eigenvalue weighted by Crippen LogP contribution is 2.25. The zero-order valence-corrected chi connectivity index (χ0v) is 19.6. The molecule has 0 aliphatic carbocycles. The molecule has 1 aliphatic rings. The first-order valence-corrected chi connectivity index (χ1v) is 11.3. The van der Waals surface area contributed by atoms with Crippen molar-refractivity contribution in [3.63, 3.8) is 0 Å². The standard InChI is InChI=1S/C24H34FN5O2/c1-18(2)27-10-5-11-30(20(4)31)23-16-22(25)7-6-21(23)17-29(15-14-27)24(32)8-12-28-13-9-26-19(28)3/h6-7,9,13,16,18H,5,8,10-12,14-15,17H2,1-4H3. The molecule has 0 spiro atoms. The maximum Gasteiger partial charge on any atom is 0.224 e. The zero-order valence-electron chi connectivity index (χ0n) is 19.6. The van der Waals surface area contributed by atoms with Crippen LogP contribution in [0.15, 0.2) is 30.6 Å². The van der Waals surface area contributed by atoms with Crippen molar-refractivity contribution in [2.24, 2.45) is 0 Å². The summed E-state index contributed by atoms with van der Waals surface area (Å²) >= 11 is 0. The highest BCUT2D eigenvalue weighted by Gasteiger charge is 2.23. The van der Waals surface area contributed by atoms with Crippen molar-refractivity contribution in [2.75, 3.05) is 31.1 Å². The zero-order chi connectivity index (χ0) is 23.3. The van der Waals surface area contributed by atoms with E-state index in [1.165, 1.54) is 19.1 Å². The summed E-state index contributed by atoms with van der Waals surface area (Å²) in [6.07, 6.45) is 4.74. The van der Waals surface area contributed by atoms with Gasteiger partial charge in [-0.15, -0.1) is 0 Å². The summed E-state index contributed by atoms with van der Waals surface area (Å²) in [6, 6.07) is 4.83. The number of imidazole rings is 1. The number of aryl methyl sites for hydroxylation is 2. The Bertz CT molecular complexity index is 942. The molecule has 2 heterocycles. The Labute approximate surface area is 189 Å². The fourth-order valence-electron chi connectivity index (χ4n) is 4.19. The van der Waals surface area contributed by atoms with Crippen molar-refractivity contribution in [1.29, 1.82) is 0 Å². The molecule has 0 atom stereocenters. The summed E-state index contributed by atoms with van der Waals surface area (Å²) in [6.45, 7) is 11.3. The minimum atomic E-state index is -0.387. The number of fused-ring (bicyclic) bond motifs is 1. The van der Waals surface area contributed by atoms with E-state index in [0.29, 0.717) is 44.3 Å². The van der Waals surface area contributed by atoms with Crippen LogP contribution >= 0.6 is 0 Å². The molecule has 32 heavy (non-hydrogen) atoms. The summed E-state index contributed by atoms with van der Waals surface area (Å²) in [5, 5.41) is 0. The van der Waals surface area contributed by atoms with Crippen LogP contribution < -0.4 is 4.90 Å². The van der Waals surface area contributed by atoms with E-state index in [-0.39, 0.29) is 17.6 Å². The van der Waals surface area contributed by atoms with E-state index >= 15 is 0 Å². The van der Waals surface area contributed by atoms with Crippen LogP contribution in [0.25, 0.3) is 0 Å². The Hall–Kier alpha value is -2.74. The van der Waals surface area contributed by atoms with Gasteiger partial charge in [0.15, 0.2) is 0 Å². The SMILES string of the molecule is CC(=O)N1CCCN(C(C)C)CCN(C(=O)CCn2ccnc2C)Cc2ccc(F)cc21. The van der Waals surface area contributed by atoms with Crippen LogP contribution in [-0.2, 0) is 22.7 Å². The normalized spacial score (nSPS) is 16.1. The van der Waals surface area contributed by atoms with Gasteiger partial charge in [0.05, 0.1) is 5.69 Å². The van der Waals surface area contributed by atoms with E-state index in [2.05, 4.69) is 23.7 Å². The largest absolute Gasteiger partial charge is 0.337 e. The van der Waals surface area contributed by atoms with Gasteiger partial charge in [-0.3, -0.25) is 14.5 Å². The number of aromatic nitrogens is 2. The first-order chi connectivity index (χ1) is 15.3. The van der Waals surface area contributed by atoms with Crippen molar-refractivity contribution in [3.05, 3.63) is 47.8 Å². The van der Waals surface area contributed by atoms with E-state index in [4.69, 9.17) is 0 Å². The lowest BCUT2D eigenvalue weighted by atomic mass is 10.1. The summed E-state index contributed by atoms with van der Waals surface area (Å²) in [4.78, 5) is 35.7. The Morgan fingerprint density at radius 2 is 1.94 bits per heavy atom. The van der Waals surface area contributed by atoms with Crippen molar-refractivity contribution in [3.8, 4) is 0 Å². The second-order valence-corrected chi connectivity index (χ2v) is 8.66. The van der Waals surface area contributed by atoms with Crippen LogP contribution in [0, 0.1) is 12.7 Å². The van der Waals surface area contributed by atoms with Crippen LogP contribution in [-0.4, -0.2) is 63.4 Å². The number of nitrogens with zero attached hydrogens (tertiary/aromatic N) is 5. The maximum atomic E-state index is 14.1. The topological polar surface area (TPSA) is 61.7 Å². The molecule has 0 unspecified atom stereocenters. The van der Waals surface area contributed by atoms with Gasteiger partial charge in [-0.1, -0.05) is 6.07 Å². The Morgan fingerprint density at radius 3 is 2.59 bits per heavy atom. The van der Waals surface area contributed by atoms with Gasteiger partial charge < -0.3 is 14.4 Å². The third-order valence-electron chi connectivity index (χ3n) is 6.14. The van der Waals surface area contributed by atoms with Crippen molar-refractivity contribution >= 4 is 17.5 Å². The average molecular weight is 444 g/mol. The minimum absolute atomic E-state index is 0.0331. The smallest absolute Gasteiger partial charge is 0.224 e. The molecule has 1 aromatic heterocycles. The average Bonchev–Trinajstić information content (AvgIpc) is 3.13. The molecule has 0 saturated carbocycles. The monoisotopic (exact) mass is 443 g/mol. The Kier molecular flexibility index (Phi) is 8.01. The molecular formula is C24H34FN5O2. The summed E-state index contributed by atoms with van der Waals surface area (Å²) in [5.41, 5.74) is 1.34. The molecule has 3 rings (SSSR count). The molecule has 1 aliphatic heterocycles. The van der Waals surface area contributed by atoms with Gasteiger partial charge in [-0.25, -0.2) is 9.37 Å². The van der Waals surface area contributed by atoms with Crippen LogP contribution in [0.2, 0.25) is 0 Å². The number of carbonyl (C=O) groups excluding carboxylic acids is 2. The molecule has 7 nitrogen and oxygen atoms in total. The van der Waals surface area contributed by atoms with Crippen LogP contribution in [0.4, 0.5) is 10.1 Å². The predicted molar refractivity (Wildman–Crippen MR) is 123 cm³/mol. The number of carbonyl (C=O) groups is 2.